The highest BCUT2D eigenvalue weighted by Crippen LogP contribution is 2.46. The number of halogens is 3. The minimum absolute atomic E-state index is 0.188. The molecular weight excluding hydrogens is 263 g/mol. The molecule has 1 amide bonds. The molecule has 0 radical (unpaired) electrons. The number of fused-ring (bicyclic) bond motifs is 1. The van der Waals surface area contributed by atoms with Crippen LogP contribution in [-0.2, 0) is 14.3 Å². The largest absolute Gasteiger partial charge is 0.409 e. The first-order valence-corrected chi connectivity index (χ1v) is 6.57. The molecule has 1 spiro atoms. The number of rotatable bonds is 0. The van der Waals surface area contributed by atoms with E-state index in [1.807, 2.05) is 0 Å². The van der Waals surface area contributed by atoms with E-state index in [0.29, 0.717) is 32.5 Å². The van der Waals surface area contributed by atoms with Crippen LogP contribution in [0.3, 0.4) is 0 Å². The molecule has 3 saturated heterocycles. The van der Waals surface area contributed by atoms with Crippen LogP contribution in [0.15, 0.2) is 0 Å². The van der Waals surface area contributed by atoms with Gasteiger partial charge in [-0.15, -0.1) is 0 Å². The Labute approximate surface area is 108 Å². The minimum atomic E-state index is -4.43. The molecule has 19 heavy (non-hydrogen) atoms. The second-order valence-electron chi connectivity index (χ2n) is 5.42. The monoisotopic (exact) mass is 279 g/mol. The molecule has 0 aromatic rings. The summed E-state index contributed by atoms with van der Waals surface area (Å²) >= 11 is 0. The molecule has 0 aromatic heterocycles. The normalized spacial score (nSPS) is 34.7. The van der Waals surface area contributed by atoms with Crippen molar-refractivity contribution in [1.29, 1.82) is 0 Å². The standard InChI is InChI=1S/C12H16F3NO3/c13-12(14,15)9-7-11(18-4-1-5-19-11)6-8-2-3-10(17)16(8)9/h8-9H,1-7H2. The molecule has 2 unspecified atom stereocenters. The van der Waals surface area contributed by atoms with Crippen molar-refractivity contribution in [2.45, 2.75) is 56.2 Å². The molecule has 3 aliphatic rings. The van der Waals surface area contributed by atoms with Crippen LogP contribution in [0, 0.1) is 0 Å². The summed E-state index contributed by atoms with van der Waals surface area (Å²) in [5.74, 6) is -1.55. The van der Waals surface area contributed by atoms with E-state index in [1.165, 1.54) is 0 Å². The molecular formula is C12H16F3NO3. The van der Waals surface area contributed by atoms with E-state index in [2.05, 4.69) is 0 Å². The summed E-state index contributed by atoms with van der Waals surface area (Å²) in [6.45, 7) is 0.844. The van der Waals surface area contributed by atoms with Crippen molar-refractivity contribution < 1.29 is 27.4 Å². The molecule has 3 aliphatic heterocycles. The van der Waals surface area contributed by atoms with Gasteiger partial charge in [-0.05, 0) is 12.8 Å². The Morgan fingerprint density at radius 3 is 2.53 bits per heavy atom. The number of hydrogen-bond donors (Lipinski definition) is 0. The van der Waals surface area contributed by atoms with Crippen molar-refractivity contribution in [3.63, 3.8) is 0 Å². The molecule has 3 rings (SSSR count). The van der Waals surface area contributed by atoms with Gasteiger partial charge >= 0.3 is 6.18 Å². The molecule has 7 heteroatoms. The third-order valence-electron chi connectivity index (χ3n) is 4.16. The molecule has 0 aliphatic carbocycles. The fraction of sp³-hybridized carbons (Fsp3) is 0.917. The zero-order valence-corrected chi connectivity index (χ0v) is 10.4. The Morgan fingerprint density at radius 2 is 1.89 bits per heavy atom. The van der Waals surface area contributed by atoms with E-state index in [-0.39, 0.29) is 12.8 Å². The summed E-state index contributed by atoms with van der Waals surface area (Å²) in [6.07, 6.45) is -3.04. The van der Waals surface area contributed by atoms with Gasteiger partial charge in [0, 0.05) is 25.3 Å². The van der Waals surface area contributed by atoms with Gasteiger partial charge in [0.05, 0.1) is 13.2 Å². The van der Waals surface area contributed by atoms with Gasteiger partial charge in [0.25, 0.3) is 0 Å². The van der Waals surface area contributed by atoms with Crippen LogP contribution in [0.1, 0.15) is 32.1 Å². The number of hydrogen-bond acceptors (Lipinski definition) is 3. The molecule has 0 N–H and O–H groups in total. The van der Waals surface area contributed by atoms with Crippen LogP contribution in [0.2, 0.25) is 0 Å². The lowest BCUT2D eigenvalue weighted by atomic mass is 9.89. The van der Waals surface area contributed by atoms with E-state index in [0.717, 1.165) is 4.90 Å². The lowest BCUT2D eigenvalue weighted by molar-refractivity contribution is -0.315. The minimum Gasteiger partial charge on any atom is -0.350 e. The SMILES string of the molecule is O=C1CCC2CC3(CC(C(F)(F)F)N12)OCCCO3. The number of carbonyl (C=O) groups excluding carboxylic acids is 1. The number of nitrogens with zero attached hydrogens (tertiary/aromatic N) is 1. The fourth-order valence-electron chi connectivity index (χ4n) is 3.35. The maximum absolute atomic E-state index is 13.2. The third kappa shape index (κ3) is 2.23. The molecule has 4 nitrogen and oxygen atoms in total. The maximum Gasteiger partial charge on any atom is 0.409 e. The van der Waals surface area contributed by atoms with Crippen molar-refractivity contribution in [3.8, 4) is 0 Å². The smallest absolute Gasteiger partial charge is 0.350 e. The zero-order chi connectivity index (χ0) is 13.7. The summed E-state index contributed by atoms with van der Waals surface area (Å²) in [7, 11) is 0. The van der Waals surface area contributed by atoms with Gasteiger partial charge in [0.2, 0.25) is 5.91 Å². The second kappa shape index (κ2) is 4.34. The highest BCUT2D eigenvalue weighted by atomic mass is 19.4. The molecule has 2 atom stereocenters. The van der Waals surface area contributed by atoms with Gasteiger partial charge in [0.15, 0.2) is 5.79 Å². The van der Waals surface area contributed by atoms with Crippen molar-refractivity contribution in [2.24, 2.45) is 0 Å². The first kappa shape index (κ1) is 13.2. The van der Waals surface area contributed by atoms with Gasteiger partial charge in [-0.3, -0.25) is 4.79 Å². The summed E-state index contributed by atoms with van der Waals surface area (Å²) < 4.78 is 50.6. The van der Waals surface area contributed by atoms with Gasteiger partial charge in [0.1, 0.15) is 6.04 Å². The van der Waals surface area contributed by atoms with Gasteiger partial charge < -0.3 is 14.4 Å². The van der Waals surface area contributed by atoms with Crippen LogP contribution in [-0.4, -0.2) is 48.1 Å². The predicted molar refractivity (Wildman–Crippen MR) is 58.2 cm³/mol. The summed E-state index contributed by atoms with van der Waals surface area (Å²) in [5, 5.41) is 0. The van der Waals surface area contributed by atoms with Crippen LogP contribution >= 0.6 is 0 Å². The quantitative estimate of drug-likeness (QED) is 0.679. The number of alkyl halides is 3. The average molecular weight is 279 g/mol. The maximum atomic E-state index is 13.2. The van der Waals surface area contributed by atoms with Crippen molar-refractivity contribution in [2.75, 3.05) is 13.2 Å². The highest BCUT2D eigenvalue weighted by Gasteiger charge is 2.59. The second-order valence-corrected chi connectivity index (χ2v) is 5.42. The summed E-state index contributed by atoms with van der Waals surface area (Å²) in [4.78, 5) is 12.7. The topological polar surface area (TPSA) is 38.8 Å². The van der Waals surface area contributed by atoms with Gasteiger partial charge in [-0.1, -0.05) is 0 Å². The van der Waals surface area contributed by atoms with E-state index in [4.69, 9.17) is 9.47 Å². The molecule has 108 valence electrons. The van der Waals surface area contributed by atoms with E-state index in [1.54, 1.807) is 0 Å². The van der Waals surface area contributed by atoms with E-state index < -0.39 is 30.0 Å². The molecule has 0 bridgehead atoms. The van der Waals surface area contributed by atoms with Crippen LogP contribution in [0.5, 0.6) is 0 Å². The Hall–Kier alpha value is -0.820. The van der Waals surface area contributed by atoms with Gasteiger partial charge in [-0.25, -0.2) is 0 Å². The summed E-state index contributed by atoms with van der Waals surface area (Å²) in [6, 6.07) is -2.19. The first-order chi connectivity index (χ1) is 8.91. The Bertz CT molecular complexity index is 379. The third-order valence-corrected chi connectivity index (χ3v) is 4.16. The van der Waals surface area contributed by atoms with Crippen LogP contribution in [0.4, 0.5) is 13.2 Å². The van der Waals surface area contributed by atoms with Crippen molar-refractivity contribution >= 4 is 5.91 Å². The molecule has 0 aromatic carbocycles. The fourth-order valence-corrected chi connectivity index (χ4v) is 3.35. The Morgan fingerprint density at radius 1 is 1.21 bits per heavy atom. The average Bonchev–Trinajstić information content (AvgIpc) is 2.69. The van der Waals surface area contributed by atoms with Crippen molar-refractivity contribution in [1.82, 2.24) is 4.90 Å². The van der Waals surface area contributed by atoms with Gasteiger partial charge in [-0.2, -0.15) is 13.2 Å². The molecule has 3 fully saturated rings. The number of ether oxygens (including phenoxy) is 2. The van der Waals surface area contributed by atoms with E-state index >= 15 is 0 Å². The predicted octanol–water partition coefficient (Wildman–Crippen LogP) is 1.84. The highest BCUT2D eigenvalue weighted by molar-refractivity contribution is 5.79. The Balaban J connectivity index is 1.89. The number of amides is 1. The zero-order valence-electron chi connectivity index (χ0n) is 10.4. The number of piperidine rings is 1. The summed E-state index contributed by atoms with van der Waals surface area (Å²) in [5.41, 5.74) is 0. The number of carbonyl (C=O) groups is 1. The van der Waals surface area contributed by atoms with Crippen molar-refractivity contribution in [3.05, 3.63) is 0 Å². The lowest BCUT2D eigenvalue weighted by Crippen LogP contribution is -2.62. The van der Waals surface area contributed by atoms with Crippen LogP contribution in [0.25, 0.3) is 0 Å². The van der Waals surface area contributed by atoms with Crippen LogP contribution < -0.4 is 0 Å². The molecule has 0 saturated carbocycles. The van der Waals surface area contributed by atoms with E-state index in [9.17, 15) is 18.0 Å². The molecule has 3 heterocycles. The lowest BCUT2D eigenvalue weighted by Gasteiger charge is -2.49. The Kier molecular flexibility index (Phi) is 3.01. The first-order valence-electron chi connectivity index (χ1n) is 6.57.